The fourth-order valence-corrected chi connectivity index (χ4v) is 3.10. The lowest BCUT2D eigenvalue weighted by molar-refractivity contribution is 0.0199. The van der Waals surface area contributed by atoms with Crippen LogP contribution >= 0.6 is 0 Å². The van der Waals surface area contributed by atoms with Crippen molar-refractivity contribution in [3.8, 4) is 0 Å². The number of ether oxygens (including phenoxy) is 1. The first-order chi connectivity index (χ1) is 10.2. The van der Waals surface area contributed by atoms with Crippen LogP contribution in [0.3, 0.4) is 0 Å². The quantitative estimate of drug-likeness (QED) is 0.834. The first-order valence-corrected chi connectivity index (χ1v) is 6.98. The van der Waals surface area contributed by atoms with E-state index in [1.807, 2.05) is 4.90 Å². The molecule has 4 rings (SSSR count). The number of furan rings is 1. The molecule has 21 heavy (non-hydrogen) atoms. The van der Waals surface area contributed by atoms with Crippen LogP contribution in [0.15, 0.2) is 27.5 Å². The molecule has 2 aromatic rings. The molecule has 0 N–H and O–H groups in total. The summed E-state index contributed by atoms with van der Waals surface area (Å²) in [7, 11) is 0. The minimum atomic E-state index is -0.146. The molecule has 7 heteroatoms. The molecule has 0 bridgehead atoms. The lowest BCUT2D eigenvalue weighted by Crippen LogP contribution is -2.30. The number of carbonyl (C=O) groups is 1. The number of amides is 1. The molecule has 0 radical (unpaired) electrons. The molecule has 0 saturated carbocycles. The molecular weight excluding hydrogens is 274 g/mol. The van der Waals surface area contributed by atoms with Gasteiger partial charge in [-0.25, -0.2) is 0 Å². The second-order valence-corrected chi connectivity index (χ2v) is 5.56. The van der Waals surface area contributed by atoms with Crippen LogP contribution in [0.2, 0.25) is 0 Å². The van der Waals surface area contributed by atoms with Gasteiger partial charge >= 0.3 is 0 Å². The van der Waals surface area contributed by atoms with Gasteiger partial charge in [-0.2, -0.15) is 4.98 Å². The smallest absolute Gasteiger partial charge is 0.257 e. The van der Waals surface area contributed by atoms with Gasteiger partial charge in [0, 0.05) is 19.0 Å². The van der Waals surface area contributed by atoms with E-state index in [0.717, 1.165) is 6.42 Å². The fraction of sp³-hybridized carbons (Fsp3) is 0.500. The van der Waals surface area contributed by atoms with Gasteiger partial charge in [0.1, 0.15) is 12.4 Å². The first kappa shape index (κ1) is 12.6. The van der Waals surface area contributed by atoms with E-state index in [2.05, 4.69) is 10.1 Å². The Balaban J connectivity index is 1.43. The van der Waals surface area contributed by atoms with Crippen molar-refractivity contribution in [2.75, 3.05) is 13.1 Å². The topological polar surface area (TPSA) is 81.6 Å². The number of aryl methyl sites for hydroxylation is 1. The van der Waals surface area contributed by atoms with Gasteiger partial charge in [-0.3, -0.25) is 4.79 Å². The maximum absolute atomic E-state index is 12.3. The van der Waals surface area contributed by atoms with Gasteiger partial charge in [-0.1, -0.05) is 5.16 Å². The molecule has 0 aliphatic carbocycles. The second kappa shape index (κ2) is 4.70. The number of carbonyl (C=O) groups excluding carboxylic acids is 1. The van der Waals surface area contributed by atoms with Crippen LogP contribution < -0.4 is 0 Å². The summed E-state index contributed by atoms with van der Waals surface area (Å²) in [4.78, 5) is 18.3. The van der Waals surface area contributed by atoms with Crippen molar-refractivity contribution < 1.29 is 18.5 Å². The number of hydrogen-bond acceptors (Lipinski definition) is 6. The maximum atomic E-state index is 12.3. The Bertz CT molecular complexity index is 637. The minimum Gasteiger partial charge on any atom is -0.472 e. The van der Waals surface area contributed by atoms with Gasteiger partial charge in [-0.05, 0) is 19.4 Å². The lowest BCUT2D eigenvalue weighted by atomic mass is 10.0. The summed E-state index contributed by atoms with van der Waals surface area (Å²) in [5, 5.41) is 3.79. The number of rotatable bonds is 2. The second-order valence-electron chi connectivity index (χ2n) is 5.56. The molecule has 2 fully saturated rings. The molecule has 2 aliphatic rings. The summed E-state index contributed by atoms with van der Waals surface area (Å²) in [6.07, 6.45) is 3.68. The number of fused-ring (bicyclic) bond motifs is 1. The molecule has 0 aromatic carbocycles. The standard InChI is InChI=1S/C14H15N3O4/c1-8-15-13(21-16-8)11-4-10-5-17(6-12(10)20-11)14(18)9-2-3-19-7-9/h2-3,7,10-12H,4-6H2,1H3/t10-,11+,12+/m1/s1. The molecule has 0 unspecified atom stereocenters. The van der Waals surface area contributed by atoms with Crippen molar-refractivity contribution in [1.82, 2.24) is 15.0 Å². The molecule has 1 amide bonds. The highest BCUT2D eigenvalue weighted by Gasteiger charge is 2.45. The highest BCUT2D eigenvalue weighted by Crippen LogP contribution is 2.40. The van der Waals surface area contributed by atoms with Gasteiger partial charge in [0.05, 0.1) is 17.9 Å². The monoisotopic (exact) mass is 289 g/mol. The van der Waals surface area contributed by atoms with Crippen LogP contribution in [-0.4, -0.2) is 40.1 Å². The van der Waals surface area contributed by atoms with Gasteiger partial charge in [0.2, 0.25) is 0 Å². The molecule has 0 spiro atoms. The molecule has 2 aliphatic heterocycles. The fourth-order valence-electron chi connectivity index (χ4n) is 3.10. The summed E-state index contributed by atoms with van der Waals surface area (Å²) in [6.45, 7) is 3.07. The van der Waals surface area contributed by atoms with Crippen molar-refractivity contribution in [3.05, 3.63) is 35.9 Å². The molecular formula is C14H15N3O4. The van der Waals surface area contributed by atoms with Crippen LogP contribution in [0.25, 0.3) is 0 Å². The van der Waals surface area contributed by atoms with Crippen molar-refractivity contribution in [3.63, 3.8) is 0 Å². The Labute approximate surface area is 120 Å². The van der Waals surface area contributed by atoms with E-state index >= 15 is 0 Å². The summed E-state index contributed by atoms with van der Waals surface area (Å²) in [5.41, 5.74) is 0.582. The van der Waals surface area contributed by atoms with E-state index in [9.17, 15) is 4.79 Å². The molecule has 4 heterocycles. The normalized spacial score (nSPS) is 28.0. The van der Waals surface area contributed by atoms with Crippen molar-refractivity contribution in [1.29, 1.82) is 0 Å². The third kappa shape index (κ3) is 2.13. The number of aromatic nitrogens is 2. The molecule has 7 nitrogen and oxygen atoms in total. The minimum absolute atomic E-state index is 0.00747. The van der Waals surface area contributed by atoms with Gasteiger partial charge in [-0.15, -0.1) is 0 Å². The first-order valence-electron chi connectivity index (χ1n) is 6.98. The lowest BCUT2D eigenvalue weighted by Gasteiger charge is -2.17. The van der Waals surface area contributed by atoms with E-state index < -0.39 is 0 Å². The number of nitrogens with zero attached hydrogens (tertiary/aromatic N) is 3. The predicted molar refractivity (Wildman–Crippen MR) is 69.4 cm³/mol. The highest BCUT2D eigenvalue weighted by atomic mass is 16.5. The zero-order chi connectivity index (χ0) is 14.4. The third-order valence-corrected chi connectivity index (χ3v) is 4.11. The largest absolute Gasteiger partial charge is 0.472 e. The summed E-state index contributed by atoms with van der Waals surface area (Å²) < 4.78 is 16.1. The van der Waals surface area contributed by atoms with Gasteiger partial charge in [0.15, 0.2) is 5.82 Å². The van der Waals surface area contributed by atoms with E-state index in [-0.39, 0.29) is 18.1 Å². The number of likely N-dealkylation sites (tertiary alicyclic amines) is 1. The Morgan fingerprint density at radius 2 is 2.33 bits per heavy atom. The van der Waals surface area contributed by atoms with Crippen molar-refractivity contribution in [2.45, 2.75) is 25.6 Å². The highest BCUT2D eigenvalue weighted by molar-refractivity contribution is 5.94. The van der Waals surface area contributed by atoms with Crippen LogP contribution in [0.1, 0.15) is 34.6 Å². The molecule has 110 valence electrons. The van der Waals surface area contributed by atoms with Crippen LogP contribution in [0, 0.1) is 12.8 Å². The van der Waals surface area contributed by atoms with Crippen LogP contribution in [0.4, 0.5) is 0 Å². The summed E-state index contributed by atoms with van der Waals surface area (Å²) >= 11 is 0. The average molecular weight is 289 g/mol. The van der Waals surface area contributed by atoms with Crippen molar-refractivity contribution in [2.24, 2.45) is 5.92 Å². The van der Waals surface area contributed by atoms with Gasteiger partial charge in [0.25, 0.3) is 11.8 Å². The summed E-state index contributed by atoms with van der Waals surface area (Å²) in [6, 6.07) is 1.68. The Morgan fingerprint density at radius 1 is 1.43 bits per heavy atom. The average Bonchev–Trinajstić information content (AvgIpc) is 3.20. The summed E-state index contributed by atoms with van der Waals surface area (Å²) in [5.74, 6) is 1.46. The predicted octanol–water partition coefficient (Wildman–Crippen LogP) is 1.57. The van der Waals surface area contributed by atoms with E-state index in [0.29, 0.717) is 36.3 Å². The van der Waals surface area contributed by atoms with E-state index in [4.69, 9.17) is 13.7 Å². The molecule has 3 atom stereocenters. The van der Waals surface area contributed by atoms with Crippen LogP contribution in [0.5, 0.6) is 0 Å². The number of hydrogen-bond donors (Lipinski definition) is 0. The third-order valence-electron chi connectivity index (χ3n) is 4.11. The zero-order valence-corrected chi connectivity index (χ0v) is 11.6. The van der Waals surface area contributed by atoms with E-state index in [1.165, 1.54) is 12.5 Å². The Kier molecular flexibility index (Phi) is 2.81. The van der Waals surface area contributed by atoms with E-state index in [1.54, 1.807) is 13.0 Å². The SMILES string of the molecule is Cc1noc([C@@H]2C[C@@H]3CN(C(=O)c4ccoc4)C[C@@H]3O2)n1. The van der Waals surface area contributed by atoms with Gasteiger partial charge < -0.3 is 18.6 Å². The van der Waals surface area contributed by atoms with Crippen LogP contribution in [-0.2, 0) is 4.74 Å². The molecule has 2 aromatic heterocycles. The molecule has 2 saturated heterocycles. The van der Waals surface area contributed by atoms with Crippen molar-refractivity contribution >= 4 is 5.91 Å². The Morgan fingerprint density at radius 3 is 3.00 bits per heavy atom. The zero-order valence-electron chi connectivity index (χ0n) is 11.6. The Hall–Kier alpha value is -2.15. The maximum Gasteiger partial charge on any atom is 0.257 e.